The molecule has 0 aromatic heterocycles. The van der Waals surface area contributed by atoms with Crippen LogP contribution in [0.15, 0.2) is 0 Å². The van der Waals surface area contributed by atoms with Gasteiger partial charge in [-0.3, -0.25) is 9.59 Å². The lowest BCUT2D eigenvalue weighted by Crippen LogP contribution is -2.37. The second kappa shape index (κ2) is 6.42. The van der Waals surface area contributed by atoms with Crippen molar-refractivity contribution in [3.63, 3.8) is 0 Å². The van der Waals surface area contributed by atoms with Crippen LogP contribution in [-0.4, -0.2) is 54.0 Å². The molecule has 2 atom stereocenters. The van der Waals surface area contributed by atoms with Gasteiger partial charge >= 0.3 is 5.97 Å². The maximum Gasteiger partial charge on any atom is 0.304 e. The third kappa shape index (κ3) is 5.72. The van der Waals surface area contributed by atoms with E-state index in [9.17, 15) is 18.0 Å². The van der Waals surface area contributed by atoms with Crippen molar-refractivity contribution in [1.82, 2.24) is 5.32 Å². The standard InChI is InChI=1S/C10H17NO5S2/c1-7(4-10(13)14)17-5-9(12)11-8-2-3-18(15,16)6-8/h7-8H,2-6H2,1H3,(H,11,12)(H,13,14). The van der Waals surface area contributed by atoms with Crippen LogP contribution in [0.3, 0.4) is 0 Å². The summed E-state index contributed by atoms with van der Waals surface area (Å²) in [6.45, 7) is 1.74. The zero-order chi connectivity index (χ0) is 13.8. The van der Waals surface area contributed by atoms with Crippen molar-refractivity contribution in [3.8, 4) is 0 Å². The molecular weight excluding hydrogens is 278 g/mol. The van der Waals surface area contributed by atoms with Gasteiger partial charge in [0.25, 0.3) is 0 Å². The number of carbonyl (C=O) groups is 2. The molecule has 18 heavy (non-hydrogen) atoms. The lowest BCUT2D eigenvalue weighted by atomic mass is 10.3. The minimum atomic E-state index is -2.99. The van der Waals surface area contributed by atoms with Crippen LogP contribution in [0.2, 0.25) is 0 Å². The molecule has 8 heteroatoms. The maximum atomic E-state index is 11.5. The molecule has 0 aliphatic carbocycles. The summed E-state index contributed by atoms with van der Waals surface area (Å²) in [7, 11) is -2.99. The Balaban J connectivity index is 2.24. The van der Waals surface area contributed by atoms with E-state index in [1.165, 1.54) is 11.8 Å². The summed E-state index contributed by atoms with van der Waals surface area (Å²) < 4.78 is 22.4. The van der Waals surface area contributed by atoms with Crippen LogP contribution >= 0.6 is 11.8 Å². The molecule has 1 saturated heterocycles. The average molecular weight is 295 g/mol. The number of amides is 1. The molecule has 1 rings (SSSR count). The Morgan fingerprint density at radius 2 is 2.17 bits per heavy atom. The molecule has 2 N–H and O–H groups in total. The number of carboxylic acids is 1. The first-order valence-electron chi connectivity index (χ1n) is 5.61. The number of aliphatic carboxylic acids is 1. The van der Waals surface area contributed by atoms with Gasteiger partial charge in [-0.15, -0.1) is 11.8 Å². The van der Waals surface area contributed by atoms with E-state index in [0.29, 0.717) is 6.42 Å². The van der Waals surface area contributed by atoms with Crippen molar-refractivity contribution in [2.45, 2.75) is 31.1 Å². The van der Waals surface area contributed by atoms with E-state index in [-0.39, 0.29) is 40.9 Å². The van der Waals surface area contributed by atoms with E-state index in [1.54, 1.807) is 6.92 Å². The summed E-state index contributed by atoms with van der Waals surface area (Å²) >= 11 is 1.25. The SMILES string of the molecule is CC(CC(=O)O)SCC(=O)NC1CCS(=O)(=O)C1. The van der Waals surface area contributed by atoms with Gasteiger partial charge in [0.05, 0.1) is 23.7 Å². The fourth-order valence-electron chi connectivity index (χ4n) is 1.70. The Labute approximate surface area is 110 Å². The Kier molecular flexibility index (Phi) is 5.46. The number of carboxylic acid groups (broad SMARTS) is 1. The molecule has 0 aromatic carbocycles. The van der Waals surface area contributed by atoms with Crippen LogP contribution in [0, 0.1) is 0 Å². The minimum Gasteiger partial charge on any atom is -0.481 e. The molecule has 104 valence electrons. The van der Waals surface area contributed by atoms with Crippen LogP contribution in [0.4, 0.5) is 0 Å². The number of rotatable bonds is 6. The third-order valence-corrected chi connectivity index (χ3v) is 5.49. The Bertz CT molecular complexity index is 420. The molecule has 1 fully saturated rings. The minimum absolute atomic E-state index is 0.00802. The van der Waals surface area contributed by atoms with E-state index in [4.69, 9.17) is 5.11 Å². The summed E-state index contributed by atoms with van der Waals surface area (Å²) in [6, 6.07) is -0.294. The molecule has 0 aromatic rings. The van der Waals surface area contributed by atoms with Gasteiger partial charge in [-0.2, -0.15) is 0 Å². The van der Waals surface area contributed by atoms with Gasteiger partial charge < -0.3 is 10.4 Å². The molecule has 6 nitrogen and oxygen atoms in total. The number of nitrogens with one attached hydrogen (secondary N) is 1. The molecule has 0 spiro atoms. The van der Waals surface area contributed by atoms with E-state index >= 15 is 0 Å². The third-order valence-electron chi connectivity index (χ3n) is 2.56. The van der Waals surface area contributed by atoms with Crippen molar-refractivity contribution >= 4 is 33.5 Å². The topological polar surface area (TPSA) is 101 Å². The van der Waals surface area contributed by atoms with Crippen molar-refractivity contribution in [2.75, 3.05) is 17.3 Å². The first kappa shape index (κ1) is 15.3. The number of sulfone groups is 1. The number of hydrogen-bond donors (Lipinski definition) is 2. The summed E-state index contributed by atoms with van der Waals surface area (Å²) in [5, 5.41) is 11.1. The summed E-state index contributed by atoms with van der Waals surface area (Å²) in [5.74, 6) is -0.837. The van der Waals surface area contributed by atoms with Gasteiger partial charge in [-0.25, -0.2) is 8.42 Å². The van der Waals surface area contributed by atoms with Gasteiger partial charge in [-0.05, 0) is 6.42 Å². The number of thioether (sulfide) groups is 1. The second-order valence-electron chi connectivity index (χ2n) is 4.39. The van der Waals surface area contributed by atoms with Crippen LogP contribution in [0.5, 0.6) is 0 Å². The predicted molar refractivity (Wildman–Crippen MR) is 69.4 cm³/mol. The smallest absolute Gasteiger partial charge is 0.304 e. The summed E-state index contributed by atoms with van der Waals surface area (Å²) in [6.07, 6.45) is 0.471. The van der Waals surface area contributed by atoms with Gasteiger partial charge in [0.1, 0.15) is 0 Å². The monoisotopic (exact) mass is 295 g/mol. The zero-order valence-electron chi connectivity index (χ0n) is 10.1. The predicted octanol–water partition coefficient (Wildman–Crippen LogP) is -0.114. The quantitative estimate of drug-likeness (QED) is 0.709. The molecule has 1 heterocycles. The van der Waals surface area contributed by atoms with Crippen molar-refractivity contribution in [3.05, 3.63) is 0 Å². The molecule has 0 bridgehead atoms. The molecule has 0 radical (unpaired) electrons. The Hall–Kier alpha value is -0.760. The van der Waals surface area contributed by atoms with Crippen molar-refractivity contribution < 1.29 is 23.1 Å². The van der Waals surface area contributed by atoms with E-state index < -0.39 is 15.8 Å². The highest BCUT2D eigenvalue weighted by Crippen LogP contribution is 2.15. The fourth-order valence-corrected chi connectivity index (χ4v) is 4.15. The van der Waals surface area contributed by atoms with Gasteiger partial charge in [0, 0.05) is 11.3 Å². The van der Waals surface area contributed by atoms with E-state index in [2.05, 4.69) is 5.32 Å². The van der Waals surface area contributed by atoms with Crippen molar-refractivity contribution in [2.24, 2.45) is 0 Å². The highest BCUT2D eigenvalue weighted by Gasteiger charge is 2.28. The summed E-state index contributed by atoms with van der Waals surface area (Å²) in [5.41, 5.74) is 0. The molecule has 0 saturated carbocycles. The Morgan fingerprint density at radius 3 is 2.67 bits per heavy atom. The average Bonchev–Trinajstić information content (AvgIpc) is 2.54. The van der Waals surface area contributed by atoms with Crippen LogP contribution in [0.1, 0.15) is 19.8 Å². The second-order valence-corrected chi connectivity index (χ2v) is 8.04. The first-order chi connectivity index (χ1) is 8.28. The van der Waals surface area contributed by atoms with Crippen LogP contribution in [0.25, 0.3) is 0 Å². The van der Waals surface area contributed by atoms with E-state index in [0.717, 1.165) is 0 Å². The van der Waals surface area contributed by atoms with E-state index in [1.807, 2.05) is 0 Å². The summed E-state index contributed by atoms with van der Waals surface area (Å²) in [4.78, 5) is 22.0. The number of carbonyl (C=O) groups excluding carboxylic acids is 1. The largest absolute Gasteiger partial charge is 0.481 e. The first-order valence-corrected chi connectivity index (χ1v) is 8.48. The maximum absolute atomic E-state index is 11.5. The van der Waals surface area contributed by atoms with Gasteiger partial charge in [-0.1, -0.05) is 6.92 Å². The fraction of sp³-hybridized carbons (Fsp3) is 0.800. The number of hydrogen-bond acceptors (Lipinski definition) is 5. The zero-order valence-corrected chi connectivity index (χ0v) is 11.7. The van der Waals surface area contributed by atoms with Gasteiger partial charge in [0.2, 0.25) is 5.91 Å². The molecule has 1 aliphatic rings. The van der Waals surface area contributed by atoms with Crippen LogP contribution < -0.4 is 5.32 Å². The van der Waals surface area contributed by atoms with Gasteiger partial charge in [0.15, 0.2) is 9.84 Å². The highest BCUT2D eigenvalue weighted by atomic mass is 32.2. The molecule has 2 unspecified atom stereocenters. The van der Waals surface area contributed by atoms with Crippen molar-refractivity contribution in [1.29, 1.82) is 0 Å². The molecular formula is C10H17NO5S2. The lowest BCUT2D eigenvalue weighted by Gasteiger charge is -2.12. The lowest BCUT2D eigenvalue weighted by molar-refractivity contribution is -0.136. The molecule has 1 aliphatic heterocycles. The normalized spacial score (nSPS) is 23.5. The Morgan fingerprint density at radius 1 is 1.50 bits per heavy atom. The highest BCUT2D eigenvalue weighted by molar-refractivity contribution is 8.00. The van der Waals surface area contributed by atoms with Crippen LogP contribution in [-0.2, 0) is 19.4 Å². The molecule has 1 amide bonds.